The highest BCUT2D eigenvalue weighted by molar-refractivity contribution is 5.94. The molecule has 156 valence electrons. The van der Waals surface area contributed by atoms with Crippen molar-refractivity contribution < 1.29 is 27.1 Å². The molecule has 1 aliphatic rings. The van der Waals surface area contributed by atoms with Gasteiger partial charge < -0.3 is 10.1 Å². The van der Waals surface area contributed by atoms with E-state index in [-0.39, 0.29) is 24.8 Å². The van der Waals surface area contributed by atoms with E-state index in [1.54, 1.807) is 12.1 Å². The van der Waals surface area contributed by atoms with Crippen molar-refractivity contribution in [3.8, 4) is 0 Å². The smallest absolute Gasteiger partial charge is 0.257 e. The zero-order valence-electron chi connectivity index (χ0n) is 16.1. The van der Waals surface area contributed by atoms with Crippen molar-refractivity contribution in [1.82, 2.24) is 10.2 Å². The summed E-state index contributed by atoms with van der Waals surface area (Å²) in [5, 5.41) is 2.35. The number of hydrogen-bond donors (Lipinski definition) is 1. The van der Waals surface area contributed by atoms with Gasteiger partial charge in [-0.1, -0.05) is 24.3 Å². The fraction of sp³-hybridized carbons (Fsp3) is 0.381. The number of rotatable bonds is 5. The second-order valence-corrected chi connectivity index (χ2v) is 7.25. The van der Waals surface area contributed by atoms with Crippen molar-refractivity contribution in [3.05, 3.63) is 70.3 Å². The van der Waals surface area contributed by atoms with E-state index in [2.05, 4.69) is 10.2 Å². The maximum atomic E-state index is 13.8. The molecule has 1 heterocycles. The summed E-state index contributed by atoms with van der Waals surface area (Å²) in [6.45, 7) is 6.07. The van der Waals surface area contributed by atoms with Crippen LogP contribution >= 0.6 is 0 Å². The van der Waals surface area contributed by atoms with Crippen molar-refractivity contribution in [2.75, 3.05) is 13.1 Å². The second kappa shape index (κ2) is 8.92. The van der Waals surface area contributed by atoms with Crippen LogP contribution in [0.25, 0.3) is 0 Å². The second-order valence-electron chi connectivity index (χ2n) is 7.25. The summed E-state index contributed by atoms with van der Waals surface area (Å²) < 4.78 is 60.1. The number of ether oxygens (including phenoxy) is 1. The maximum absolute atomic E-state index is 13.8. The summed E-state index contributed by atoms with van der Waals surface area (Å²) >= 11 is 0. The normalized spacial score (nSPS) is 19.9. The lowest BCUT2D eigenvalue weighted by Gasteiger charge is -2.35. The number of benzene rings is 2. The molecule has 2 aromatic carbocycles. The number of carbonyl (C=O) groups is 1. The molecule has 0 saturated carbocycles. The Bertz CT molecular complexity index is 870. The van der Waals surface area contributed by atoms with E-state index >= 15 is 0 Å². The number of amides is 1. The number of nitrogens with one attached hydrogen (secondary N) is 1. The van der Waals surface area contributed by atoms with E-state index in [4.69, 9.17) is 4.74 Å². The largest absolute Gasteiger partial charge is 0.373 e. The summed E-state index contributed by atoms with van der Waals surface area (Å²) in [4.78, 5) is 14.4. The molecule has 1 fully saturated rings. The minimum atomic E-state index is -1.72. The average molecular weight is 410 g/mol. The van der Waals surface area contributed by atoms with Crippen LogP contribution in [0.5, 0.6) is 0 Å². The summed E-state index contributed by atoms with van der Waals surface area (Å²) in [5.41, 5.74) is 0.404. The van der Waals surface area contributed by atoms with Gasteiger partial charge in [0, 0.05) is 32.2 Å². The Labute approximate surface area is 166 Å². The molecule has 0 radical (unpaired) electrons. The van der Waals surface area contributed by atoms with Crippen molar-refractivity contribution in [1.29, 1.82) is 0 Å². The molecular weight excluding hydrogens is 388 g/mol. The fourth-order valence-electron chi connectivity index (χ4n) is 3.58. The minimum absolute atomic E-state index is 0.0402. The van der Waals surface area contributed by atoms with E-state index in [1.807, 2.05) is 26.0 Å². The summed E-state index contributed by atoms with van der Waals surface area (Å²) in [6.07, 6.45) is 0.193. The monoisotopic (exact) mass is 410 g/mol. The molecule has 0 spiro atoms. The van der Waals surface area contributed by atoms with Crippen LogP contribution in [0.1, 0.15) is 35.3 Å². The molecule has 1 N–H and O–H groups in total. The topological polar surface area (TPSA) is 41.6 Å². The Hall–Kier alpha value is -2.45. The number of halogens is 4. The first kappa shape index (κ1) is 21.3. The molecule has 2 aromatic rings. The molecule has 8 heteroatoms. The van der Waals surface area contributed by atoms with Gasteiger partial charge in [-0.3, -0.25) is 9.69 Å². The third kappa shape index (κ3) is 4.94. The van der Waals surface area contributed by atoms with Crippen molar-refractivity contribution in [2.24, 2.45) is 0 Å². The zero-order chi connectivity index (χ0) is 21.1. The third-order valence-electron chi connectivity index (χ3n) is 4.79. The van der Waals surface area contributed by atoms with Gasteiger partial charge in [-0.2, -0.15) is 0 Å². The molecule has 29 heavy (non-hydrogen) atoms. The van der Waals surface area contributed by atoms with E-state index in [0.29, 0.717) is 6.54 Å². The summed E-state index contributed by atoms with van der Waals surface area (Å²) in [6, 6.07) is 7.38. The first-order valence-electron chi connectivity index (χ1n) is 9.32. The van der Waals surface area contributed by atoms with Crippen LogP contribution in [-0.2, 0) is 17.8 Å². The lowest BCUT2D eigenvalue weighted by Crippen LogP contribution is -2.45. The van der Waals surface area contributed by atoms with E-state index in [9.17, 15) is 22.4 Å². The summed E-state index contributed by atoms with van der Waals surface area (Å²) in [5.74, 6) is -7.89. The third-order valence-corrected chi connectivity index (χ3v) is 4.79. The zero-order valence-corrected chi connectivity index (χ0v) is 16.1. The van der Waals surface area contributed by atoms with Crippen molar-refractivity contribution in [3.63, 3.8) is 0 Å². The highest BCUT2D eigenvalue weighted by Crippen LogP contribution is 2.20. The van der Waals surface area contributed by atoms with E-state index < -0.39 is 34.7 Å². The molecule has 1 aliphatic heterocycles. The van der Waals surface area contributed by atoms with Gasteiger partial charge >= 0.3 is 0 Å². The van der Waals surface area contributed by atoms with Crippen LogP contribution in [0.15, 0.2) is 30.3 Å². The van der Waals surface area contributed by atoms with E-state index in [1.165, 1.54) is 0 Å². The molecule has 0 unspecified atom stereocenters. The molecule has 4 nitrogen and oxygen atoms in total. The molecule has 2 atom stereocenters. The minimum Gasteiger partial charge on any atom is -0.373 e. The Morgan fingerprint density at radius 1 is 1.03 bits per heavy atom. The van der Waals surface area contributed by atoms with Gasteiger partial charge in [0.1, 0.15) is 5.56 Å². The number of morpholine rings is 1. The number of nitrogens with zero attached hydrogens (tertiary/aromatic N) is 1. The van der Waals surface area contributed by atoms with Gasteiger partial charge in [-0.05, 0) is 25.0 Å². The van der Waals surface area contributed by atoms with Gasteiger partial charge in [0.2, 0.25) is 0 Å². The molecule has 0 bridgehead atoms. The Morgan fingerprint density at radius 3 is 2.17 bits per heavy atom. The molecule has 3 rings (SSSR count). The van der Waals surface area contributed by atoms with Crippen LogP contribution in [0.2, 0.25) is 0 Å². The van der Waals surface area contributed by atoms with Crippen LogP contribution in [0.3, 0.4) is 0 Å². The Kier molecular flexibility index (Phi) is 6.54. The number of hydrogen-bond acceptors (Lipinski definition) is 3. The Balaban J connectivity index is 1.73. The maximum Gasteiger partial charge on any atom is 0.257 e. The average Bonchev–Trinajstić information content (AvgIpc) is 2.65. The van der Waals surface area contributed by atoms with E-state index in [0.717, 1.165) is 24.2 Å². The highest BCUT2D eigenvalue weighted by Gasteiger charge is 2.25. The lowest BCUT2D eigenvalue weighted by molar-refractivity contribution is -0.0705. The Morgan fingerprint density at radius 2 is 1.59 bits per heavy atom. The van der Waals surface area contributed by atoms with Gasteiger partial charge in [0.15, 0.2) is 23.3 Å². The van der Waals surface area contributed by atoms with Gasteiger partial charge in [0.25, 0.3) is 5.91 Å². The first-order chi connectivity index (χ1) is 13.8. The standard InChI is InChI=1S/C21H22F4N2O2/c1-12-9-27(10-13(2)29-12)11-15-6-4-3-5-14(15)8-26-21(28)18-19(24)16(22)7-17(23)20(18)25/h3-7,12-13H,8-11H2,1-2H3,(H,26,28)/t12-,13+. The predicted molar refractivity (Wildman–Crippen MR) is 99.2 cm³/mol. The first-order valence-corrected chi connectivity index (χ1v) is 9.32. The SMILES string of the molecule is C[C@@H]1CN(Cc2ccccc2CNC(=O)c2c(F)c(F)cc(F)c2F)C[C@H](C)O1. The van der Waals surface area contributed by atoms with Crippen LogP contribution in [0.4, 0.5) is 17.6 Å². The van der Waals surface area contributed by atoms with Crippen molar-refractivity contribution in [2.45, 2.75) is 39.1 Å². The van der Waals surface area contributed by atoms with Crippen LogP contribution in [0, 0.1) is 23.3 Å². The molecular formula is C21H22F4N2O2. The lowest BCUT2D eigenvalue weighted by atomic mass is 10.1. The van der Waals surface area contributed by atoms with Crippen molar-refractivity contribution >= 4 is 5.91 Å². The molecule has 1 saturated heterocycles. The molecule has 0 aromatic heterocycles. The van der Waals surface area contributed by atoms with Gasteiger partial charge in [-0.25, -0.2) is 17.6 Å². The predicted octanol–water partition coefficient (Wildman–Crippen LogP) is 3.78. The highest BCUT2D eigenvalue weighted by atomic mass is 19.2. The number of carbonyl (C=O) groups excluding carboxylic acids is 1. The van der Waals surface area contributed by atoms with Gasteiger partial charge in [-0.15, -0.1) is 0 Å². The van der Waals surface area contributed by atoms with Gasteiger partial charge in [0.05, 0.1) is 12.2 Å². The molecule has 1 amide bonds. The van der Waals surface area contributed by atoms with Crippen LogP contribution < -0.4 is 5.32 Å². The summed E-state index contributed by atoms with van der Waals surface area (Å²) in [7, 11) is 0. The quantitative estimate of drug-likeness (QED) is 0.603. The molecule has 0 aliphatic carbocycles. The fourth-order valence-corrected chi connectivity index (χ4v) is 3.58. The van der Waals surface area contributed by atoms with Crippen LogP contribution in [-0.4, -0.2) is 36.1 Å².